The molecular formula is C14H17NO4. The first-order valence-corrected chi connectivity index (χ1v) is 6.17. The second-order valence-corrected chi connectivity index (χ2v) is 5.34. The first-order chi connectivity index (χ1) is 8.88. The lowest BCUT2D eigenvalue weighted by Crippen LogP contribution is -2.30. The average molecular weight is 263 g/mol. The number of amides is 1. The third-order valence-electron chi connectivity index (χ3n) is 3.16. The number of hydrogen-bond donors (Lipinski definition) is 2. The number of carbonyl (C=O) groups excluding carboxylic acids is 1. The summed E-state index contributed by atoms with van der Waals surface area (Å²) in [5.41, 5.74) is 0.880. The molecule has 0 atom stereocenters. The average Bonchev–Trinajstić information content (AvgIpc) is 2.35. The summed E-state index contributed by atoms with van der Waals surface area (Å²) >= 11 is 0. The van der Waals surface area contributed by atoms with Gasteiger partial charge in [0.2, 0.25) is 5.91 Å². The number of ether oxygens (including phenoxy) is 1. The Morgan fingerprint density at radius 3 is 2.84 bits per heavy atom. The molecule has 5 heteroatoms. The monoisotopic (exact) mass is 263 g/mol. The summed E-state index contributed by atoms with van der Waals surface area (Å²) in [6, 6.07) is 5.44. The van der Waals surface area contributed by atoms with Gasteiger partial charge in [0.25, 0.3) is 0 Å². The summed E-state index contributed by atoms with van der Waals surface area (Å²) < 4.78 is 5.50. The van der Waals surface area contributed by atoms with Crippen molar-refractivity contribution in [3.63, 3.8) is 0 Å². The minimum absolute atomic E-state index is 0.00415. The van der Waals surface area contributed by atoms with Crippen LogP contribution in [-0.2, 0) is 16.0 Å². The van der Waals surface area contributed by atoms with E-state index in [1.165, 1.54) is 0 Å². The third kappa shape index (κ3) is 3.05. The van der Waals surface area contributed by atoms with E-state index in [0.29, 0.717) is 12.2 Å². The zero-order valence-corrected chi connectivity index (χ0v) is 11.0. The number of aryl methyl sites for hydroxylation is 1. The predicted octanol–water partition coefficient (Wildman–Crippen LogP) is 2.06. The molecule has 0 saturated carbocycles. The van der Waals surface area contributed by atoms with Crippen LogP contribution in [-0.4, -0.2) is 23.6 Å². The second-order valence-electron chi connectivity index (χ2n) is 5.34. The van der Waals surface area contributed by atoms with Gasteiger partial charge >= 0.3 is 5.97 Å². The maximum atomic E-state index is 11.3. The van der Waals surface area contributed by atoms with Gasteiger partial charge in [-0.15, -0.1) is 0 Å². The Morgan fingerprint density at radius 1 is 1.42 bits per heavy atom. The molecule has 0 aromatic heterocycles. The lowest BCUT2D eigenvalue weighted by Gasteiger charge is -2.21. The van der Waals surface area contributed by atoms with Gasteiger partial charge in [0, 0.05) is 18.2 Å². The molecule has 0 unspecified atom stereocenters. The fourth-order valence-corrected chi connectivity index (χ4v) is 1.77. The second kappa shape index (κ2) is 4.91. The molecule has 102 valence electrons. The standard InChI is InChI=1S/C14H17NO4/c1-14(2,13(17)18)8-19-10-5-3-9-4-6-12(16)15-11(9)7-10/h3,5,7H,4,6,8H2,1-2H3,(H,15,16)(H,17,18). The molecule has 2 rings (SSSR count). The molecule has 1 aliphatic rings. The summed E-state index contributed by atoms with van der Waals surface area (Å²) in [5.74, 6) is -0.343. The smallest absolute Gasteiger partial charge is 0.312 e. The molecule has 19 heavy (non-hydrogen) atoms. The van der Waals surface area contributed by atoms with Gasteiger partial charge in [0.05, 0.1) is 5.41 Å². The minimum atomic E-state index is -0.945. The summed E-state index contributed by atoms with van der Waals surface area (Å²) in [4.78, 5) is 22.3. The van der Waals surface area contributed by atoms with Gasteiger partial charge in [-0.3, -0.25) is 9.59 Å². The van der Waals surface area contributed by atoms with Crippen LogP contribution in [0.1, 0.15) is 25.8 Å². The Balaban J connectivity index is 2.08. The van der Waals surface area contributed by atoms with Gasteiger partial charge in [0.1, 0.15) is 12.4 Å². The van der Waals surface area contributed by atoms with Gasteiger partial charge in [-0.1, -0.05) is 6.07 Å². The van der Waals surface area contributed by atoms with Crippen molar-refractivity contribution in [1.82, 2.24) is 0 Å². The highest BCUT2D eigenvalue weighted by molar-refractivity contribution is 5.94. The highest BCUT2D eigenvalue weighted by Crippen LogP contribution is 2.28. The van der Waals surface area contributed by atoms with E-state index in [1.807, 2.05) is 6.07 Å². The first kappa shape index (κ1) is 13.4. The Morgan fingerprint density at radius 2 is 2.16 bits per heavy atom. The van der Waals surface area contributed by atoms with Gasteiger partial charge in [-0.2, -0.15) is 0 Å². The topological polar surface area (TPSA) is 75.6 Å². The largest absolute Gasteiger partial charge is 0.492 e. The van der Waals surface area contributed by atoms with E-state index in [9.17, 15) is 9.59 Å². The van der Waals surface area contributed by atoms with Crippen molar-refractivity contribution in [2.75, 3.05) is 11.9 Å². The number of rotatable bonds is 4. The van der Waals surface area contributed by atoms with Crippen LogP contribution in [0.2, 0.25) is 0 Å². The van der Waals surface area contributed by atoms with E-state index in [-0.39, 0.29) is 12.5 Å². The Bertz CT molecular complexity index is 522. The molecule has 0 radical (unpaired) electrons. The van der Waals surface area contributed by atoms with Crippen molar-refractivity contribution in [1.29, 1.82) is 0 Å². The maximum Gasteiger partial charge on any atom is 0.312 e. The number of carbonyl (C=O) groups is 2. The number of nitrogens with one attached hydrogen (secondary N) is 1. The summed E-state index contributed by atoms with van der Waals surface area (Å²) in [6.07, 6.45) is 1.22. The van der Waals surface area contributed by atoms with Crippen molar-refractivity contribution >= 4 is 17.6 Å². The molecule has 1 aromatic carbocycles. The Labute approximate surface area is 111 Å². The molecule has 0 spiro atoms. The van der Waals surface area contributed by atoms with E-state index in [2.05, 4.69) is 5.32 Å². The SMILES string of the molecule is CC(C)(COc1ccc2c(c1)NC(=O)CC2)C(=O)O. The van der Waals surface area contributed by atoms with Gasteiger partial charge in [-0.05, 0) is 31.9 Å². The van der Waals surface area contributed by atoms with Crippen molar-refractivity contribution in [2.24, 2.45) is 5.41 Å². The number of aliphatic carboxylic acids is 1. The quantitative estimate of drug-likeness (QED) is 0.871. The maximum absolute atomic E-state index is 11.3. The van der Waals surface area contributed by atoms with Gasteiger partial charge in [0.15, 0.2) is 0 Å². The van der Waals surface area contributed by atoms with Gasteiger partial charge in [-0.25, -0.2) is 0 Å². The molecule has 1 amide bonds. The van der Waals surface area contributed by atoms with Crippen molar-refractivity contribution in [3.8, 4) is 5.75 Å². The first-order valence-electron chi connectivity index (χ1n) is 6.17. The number of fused-ring (bicyclic) bond motifs is 1. The minimum Gasteiger partial charge on any atom is -0.492 e. The zero-order valence-electron chi connectivity index (χ0n) is 11.0. The molecule has 0 bridgehead atoms. The van der Waals surface area contributed by atoms with Gasteiger partial charge < -0.3 is 15.2 Å². The van der Waals surface area contributed by atoms with E-state index < -0.39 is 11.4 Å². The molecular weight excluding hydrogens is 246 g/mol. The van der Waals surface area contributed by atoms with E-state index in [4.69, 9.17) is 9.84 Å². The molecule has 0 aliphatic carbocycles. The van der Waals surface area contributed by atoms with Crippen LogP contribution in [0.25, 0.3) is 0 Å². The molecule has 0 saturated heterocycles. The molecule has 1 aliphatic heterocycles. The molecule has 0 fully saturated rings. The highest BCUT2D eigenvalue weighted by atomic mass is 16.5. The molecule has 1 heterocycles. The van der Waals surface area contributed by atoms with Crippen LogP contribution in [0.4, 0.5) is 5.69 Å². The molecule has 2 N–H and O–H groups in total. The highest BCUT2D eigenvalue weighted by Gasteiger charge is 2.28. The van der Waals surface area contributed by atoms with Crippen LogP contribution in [0.5, 0.6) is 5.75 Å². The summed E-state index contributed by atoms with van der Waals surface area (Å²) in [6.45, 7) is 3.29. The number of anilines is 1. The van der Waals surface area contributed by atoms with Crippen molar-refractivity contribution in [3.05, 3.63) is 23.8 Å². The Hall–Kier alpha value is -2.04. The van der Waals surface area contributed by atoms with E-state index >= 15 is 0 Å². The zero-order chi connectivity index (χ0) is 14.0. The summed E-state index contributed by atoms with van der Waals surface area (Å²) in [5, 5.41) is 11.8. The fourth-order valence-electron chi connectivity index (χ4n) is 1.77. The van der Waals surface area contributed by atoms with Crippen LogP contribution in [0.15, 0.2) is 18.2 Å². The number of carboxylic acids is 1. The van der Waals surface area contributed by atoms with Crippen LogP contribution in [0, 0.1) is 5.41 Å². The fraction of sp³-hybridized carbons (Fsp3) is 0.429. The van der Waals surface area contributed by atoms with E-state index in [1.54, 1.807) is 26.0 Å². The van der Waals surface area contributed by atoms with Crippen LogP contribution >= 0.6 is 0 Å². The van der Waals surface area contributed by atoms with Crippen LogP contribution < -0.4 is 10.1 Å². The Kier molecular flexibility index (Phi) is 3.46. The van der Waals surface area contributed by atoms with Crippen LogP contribution in [0.3, 0.4) is 0 Å². The lowest BCUT2D eigenvalue weighted by atomic mass is 9.95. The number of benzene rings is 1. The lowest BCUT2D eigenvalue weighted by molar-refractivity contribution is -0.148. The predicted molar refractivity (Wildman–Crippen MR) is 70.3 cm³/mol. The van der Waals surface area contributed by atoms with Crippen molar-refractivity contribution in [2.45, 2.75) is 26.7 Å². The molecule has 5 nitrogen and oxygen atoms in total. The molecule has 1 aromatic rings. The third-order valence-corrected chi connectivity index (χ3v) is 3.16. The van der Waals surface area contributed by atoms with E-state index in [0.717, 1.165) is 17.7 Å². The van der Waals surface area contributed by atoms with Crippen molar-refractivity contribution < 1.29 is 19.4 Å². The normalized spacial score (nSPS) is 14.5. The number of hydrogen-bond acceptors (Lipinski definition) is 3. The number of carboxylic acid groups (broad SMARTS) is 1. The summed E-state index contributed by atoms with van der Waals surface area (Å²) in [7, 11) is 0.